The minimum absolute atomic E-state index is 0.0197. The molecule has 1 aromatic rings. The summed E-state index contributed by atoms with van der Waals surface area (Å²) < 4.78 is 33.8. The van der Waals surface area contributed by atoms with Gasteiger partial charge in [-0.1, -0.05) is 25.1 Å². The van der Waals surface area contributed by atoms with E-state index < -0.39 is 11.6 Å². The van der Waals surface area contributed by atoms with Crippen molar-refractivity contribution in [1.82, 2.24) is 0 Å². The van der Waals surface area contributed by atoms with Crippen LogP contribution in [0.25, 0.3) is 0 Å². The summed E-state index contributed by atoms with van der Waals surface area (Å²) in [6, 6.07) is 3.29. The molecule has 4 heteroatoms. The van der Waals surface area contributed by atoms with Crippen LogP contribution >= 0.6 is 11.8 Å². The monoisotopic (exact) mass is 394 g/mol. The molecule has 2 aliphatic rings. The molecule has 0 aromatic heterocycles. The van der Waals surface area contributed by atoms with Gasteiger partial charge in [-0.3, -0.25) is 0 Å². The lowest BCUT2D eigenvalue weighted by atomic mass is 9.74. The zero-order valence-electron chi connectivity index (χ0n) is 16.6. The molecular weight excluding hydrogens is 362 g/mol. The highest BCUT2D eigenvalue weighted by Crippen LogP contribution is 2.47. The molecular formula is C23H32F2OS. The zero-order chi connectivity index (χ0) is 19.2. The largest absolute Gasteiger partial charge is 0.491 e. The van der Waals surface area contributed by atoms with Crippen LogP contribution in [0.4, 0.5) is 8.78 Å². The van der Waals surface area contributed by atoms with Crippen LogP contribution in [-0.4, -0.2) is 12.4 Å². The molecule has 0 bridgehead atoms. The molecule has 1 heterocycles. The Balaban J connectivity index is 1.54. The highest BCUT2D eigenvalue weighted by atomic mass is 32.2. The normalized spacial score (nSPS) is 29.2. The van der Waals surface area contributed by atoms with Crippen LogP contribution in [0.3, 0.4) is 0 Å². The Hall–Kier alpha value is -1.03. The molecule has 1 aromatic carbocycles. The average molecular weight is 395 g/mol. The van der Waals surface area contributed by atoms with E-state index in [9.17, 15) is 8.78 Å². The maximum Gasteiger partial charge on any atom is 0.200 e. The van der Waals surface area contributed by atoms with E-state index in [4.69, 9.17) is 4.74 Å². The third-order valence-electron chi connectivity index (χ3n) is 6.16. The number of hydrogen-bond donors (Lipinski definition) is 0. The first-order chi connectivity index (χ1) is 13.1. The molecule has 1 aliphatic carbocycles. The summed E-state index contributed by atoms with van der Waals surface area (Å²) in [4.78, 5) is 0. The molecule has 2 fully saturated rings. The molecule has 1 unspecified atom stereocenters. The van der Waals surface area contributed by atoms with Crippen LogP contribution < -0.4 is 4.74 Å². The van der Waals surface area contributed by atoms with Crippen molar-refractivity contribution in [2.45, 2.75) is 64.0 Å². The van der Waals surface area contributed by atoms with Gasteiger partial charge in [-0.2, -0.15) is 16.2 Å². The molecule has 1 saturated heterocycles. The first-order valence-electron chi connectivity index (χ1n) is 10.5. The van der Waals surface area contributed by atoms with E-state index in [0.717, 1.165) is 42.8 Å². The van der Waals surface area contributed by atoms with Gasteiger partial charge in [0.05, 0.1) is 6.61 Å². The molecule has 1 nitrogen and oxygen atoms in total. The van der Waals surface area contributed by atoms with Crippen molar-refractivity contribution < 1.29 is 13.5 Å². The third kappa shape index (κ3) is 5.07. The van der Waals surface area contributed by atoms with Gasteiger partial charge in [0.15, 0.2) is 11.6 Å². The van der Waals surface area contributed by atoms with Gasteiger partial charge in [0, 0.05) is 10.8 Å². The molecule has 2 atom stereocenters. The van der Waals surface area contributed by atoms with E-state index in [1.165, 1.54) is 25.7 Å². The second-order valence-electron chi connectivity index (χ2n) is 7.88. The average Bonchev–Trinajstić information content (AvgIpc) is 2.71. The maximum atomic E-state index is 14.5. The number of hydrogen-bond acceptors (Lipinski definition) is 2. The number of allylic oxidation sites excluding steroid dienone is 2. The van der Waals surface area contributed by atoms with Crippen molar-refractivity contribution in [3.63, 3.8) is 0 Å². The minimum Gasteiger partial charge on any atom is -0.491 e. The first kappa shape index (κ1) is 20.7. The lowest BCUT2D eigenvalue weighted by molar-refractivity contribution is 0.223. The van der Waals surface area contributed by atoms with Crippen molar-refractivity contribution >= 4 is 11.8 Å². The zero-order valence-corrected chi connectivity index (χ0v) is 17.4. The fraction of sp³-hybridized carbons (Fsp3) is 0.652. The number of rotatable bonds is 6. The summed E-state index contributed by atoms with van der Waals surface area (Å²) in [5.74, 6) is 1.84. The summed E-state index contributed by atoms with van der Waals surface area (Å²) in [6.45, 7) is 4.30. The van der Waals surface area contributed by atoms with Crippen LogP contribution in [0.2, 0.25) is 0 Å². The quantitative estimate of drug-likeness (QED) is 0.467. The Bertz CT molecular complexity index is 630. The maximum absolute atomic E-state index is 14.5. The fourth-order valence-corrected chi connectivity index (χ4v) is 6.17. The molecule has 1 aliphatic heterocycles. The van der Waals surface area contributed by atoms with Crippen molar-refractivity contribution in [3.8, 4) is 5.75 Å². The molecule has 27 heavy (non-hydrogen) atoms. The Morgan fingerprint density at radius 1 is 1.00 bits per heavy atom. The summed E-state index contributed by atoms with van der Waals surface area (Å²) >= 11 is 1.81. The molecule has 3 rings (SSSR count). The Morgan fingerprint density at radius 3 is 2.37 bits per heavy atom. The van der Waals surface area contributed by atoms with Crippen LogP contribution in [0.1, 0.15) is 69.6 Å². The van der Waals surface area contributed by atoms with Crippen molar-refractivity contribution in [1.29, 1.82) is 0 Å². The van der Waals surface area contributed by atoms with Crippen LogP contribution in [0.5, 0.6) is 5.75 Å². The van der Waals surface area contributed by atoms with Gasteiger partial charge in [-0.05, 0) is 81.4 Å². The highest BCUT2D eigenvalue weighted by Gasteiger charge is 2.32. The van der Waals surface area contributed by atoms with E-state index in [-0.39, 0.29) is 11.0 Å². The Labute approximate surface area is 167 Å². The molecule has 1 saturated carbocycles. The topological polar surface area (TPSA) is 9.23 Å². The van der Waals surface area contributed by atoms with Gasteiger partial charge in [-0.15, -0.1) is 0 Å². The van der Waals surface area contributed by atoms with Crippen molar-refractivity contribution in [2.24, 2.45) is 17.8 Å². The second kappa shape index (κ2) is 9.95. The van der Waals surface area contributed by atoms with Gasteiger partial charge in [-0.25, -0.2) is 4.39 Å². The van der Waals surface area contributed by atoms with Gasteiger partial charge >= 0.3 is 0 Å². The Morgan fingerprint density at radius 2 is 1.74 bits per heavy atom. The van der Waals surface area contributed by atoms with Crippen molar-refractivity contribution in [3.05, 3.63) is 41.5 Å². The van der Waals surface area contributed by atoms with E-state index in [1.807, 2.05) is 11.8 Å². The summed E-state index contributed by atoms with van der Waals surface area (Å²) in [7, 11) is 0. The van der Waals surface area contributed by atoms with Gasteiger partial charge in [0.25, 0.3) is 0 Å². The highest BCUT2D eigenvalue weighted by molar-refractivity contribution is 7.99. The fourth-order valence-electron chi connectivity index (χ4n) is 4.59. The van der Waals surface area contributed by atoms with Crippen LogP contribution in [0, 0.1) is 29.4 Å². The van der Waals surface area contributed by atoms with Crippen LogP contribution in [-0.2, 0) is 0 Å². The summed E-state index contributed by atoms with van der Waals surface area (Å²) in [5.41, 5.74) is 0.507. The summed E-state index contributed by atoms with van der Waals surface area (Å²) in [5, 5.41) is 0.0650. The lowest BCUT2D eigenvalue weighted by Crippen LogP contribution is -2.26. The van der Waals surface area contributed by atoms with Gasteiger partial charge < -0.3 is 4.74 Å². The standard InChI is InChI=1S/C23H32F2OS/c1-3-5-6-16-7-9-17(10-8-16)18-11-14-21(27-15-18)19-12-13-20(26-4-2)23(25)22(19)24/h5-6,12-13,16-18,21H,3-4,7-11,14-15H2,1-2H3/b6-5+/t16?,17?,18?,21-/m0/s1. The Kier molecular flexibility index (Phi) is 7.63. The SMILES string of the molecule is CC/C=C/C1CCC(C2CC[C@@H](c3ccc(OCC)c(F)c3F)SC2)CC1. The van der Waals surface area contributed by atoms with E-state index in [1.54, 1.807) is 19.1 Å². The minimum atomic E-state index is -0.837. The van der Waals surface area contributed by atoms with Crippen LogP contribution in [0.15, 0.2) is 24.3 Å². The third-order valence-corrected chi connectivity index (χ3v) is 7.67. The van der Waals surface area contributed by atoms with Gasteiger partial charge in [0.1, 0.15) is 0 Å². The number of thioether (sulfide) groups is 1. The van der Waals surface area contributed by atoms with E-state index in [0.29, 0.717) is 12.2 Å². The smallest absolute Gasteiger partial charge is 0.200 e. The van der Waals surface area contributed by atoms with Crippen molar-refractivity contribution in [2.75, 3.05) is 12.4 Å². The lowest BCUT2D eigenvalue weighted by Gasteiger charge is -2.37. The number of ether oxygens (including phenoxy) is 1. The molecule has 0 amide bonds. The first-order valence-corrected chi connectivity index (χ1v) is 11.6. The predicted octanol–water partition coefficient (Wildman–Crippen LogP) is 7.32. The molecule has 150 valence electrons. The molecule has 0 radical (unpaired) electrons. The predicted molar refractivity (Wildman–Crippen MR) is 110 cm³/mol. The summed E-state index contributed by atoms with van der Waals surface area (Å²) in [6.07, 6.45) is 13.2. The number of benzene rings is 1. The molecule has 0 N–H and O–H groups in total. The molecule has 0 spiro atoms. The van der Waals surface area contributed by atoms with Gasteiger partial charge in [0.2, 0.25) is 5.82 Å². The second-order valence-corrected chi connectivity index (χ2v) is 9.12. The van der Waals surface area contributed by atoms with E-state index >= 15 is 0 Å². The van der Waals surface area contributed by atoms with E-state index in [2.05, 4.69) is 19.1 Å². The number of halogens is 2.